The molecule has 100 valence electrons. The van der Waals surface area contributed by atoms with Crippen LogP contribution in [0.3, 0.4) is 0 Å². The summed E-state index contributed by atoms with van der Waals surface area (Å²) in [6.45, 7) is 6.91. The van der Waals surface area contributed by atoms with Crippen molar-refractivity contribution < 1.29 is 9.53 Å². The van der Waals surface area contributed by atoms with Crippen molar-refractivity contribution in [3.63, 3.8) is 0 Å². The number of nitrogens with zero attached hydrogens (tertiary/aromatic N) is 1. The zero-order chi connectivity index (χ0) is 12.7. The number of carbonyl (C=O) groups is 1. The van der Waals surface area contributed by atoms with Gasteiger partial charge >= 0.3 is 0 Å². The van der Waals surface area contributed by atoms with Gasteiger partial charge < -0.3 is 10.5 Å². The van der Waals surface area contributed by atoms with E-state index in [4.69, 9.17) is 10.5 Å². The summed E-state index contributed by atoms with van der Waals surface area (Å²) in [5.74, 6) is 0.160. The quantitative estimate of drug-likeness (QED) is 0.713. The molecular weight excluding hydrogens is 218 g/mol. The van der Waals surface area contributed by atoms with E-state index < -0.39 is 0 Å². The Kier molecular flexibility index (Phi) is 6.47. The van der Waals surface area contributed by atoms with E-state index in [9.17, 15) is 4.79 Å². The number of carbonyl (C=O) groups excluding carboxylic acids is 1. The number of amides is 1. The fraction of sp³-hybridized carbons (Fsp3) is 0.917. The number of hydrogen-bond donors (Lipinski definition) is 2. The Labute approximate surface area is 104 Å². The van der Waals surface area contributed by atoms with E-state index in [1.54, 1.807) is 0 Å². The molecule has 0 spiro atoms. The van der Waals surface area contributed by atoms with Gasteiger partial charge in [-0.15, -0.1) is 0 Å². The highest BCUT2D eigenvalue weighted by Crippen LogP contribution is 2.09. The van der Waals surface area contributed by atoms with E-state index in [2.05, 4.69) is 5.43 Å². The lowest BCUT2D eigenvalue weighted by Crippen LogP contribution is -2.49. The van der Waals surface area contributed by atoms with Crippen molar-refractivity contribution in [3.8, 4) is 0 Å². The Morgan fingerprint density at radius 3 is 2.59 bits per heavy atom. The normalized spacial score (nSPS) is 20.9. The Bertz CT molecular complexity index is 228. The molecule has 0 bridgehead atoms. The van der Waals surface area contributed by atoms with E-state index in [1.165, 1.54) is 0 Å². The van der Waals surface area contributed by atoms with Crippen LogP contribution in [-0.2, 0) is 9.53 Å². The molecule has 1 aliphatic rings. The Morgan fingerprint density at radius 1 is 1.35 bits per heavy atom. The molecule has 1 aliphatic heterocycles. The fourth-order valence-electron chi connectivity index (χ4n) is 1.82. The van der Waals surface area contributed by atoms with Gasteiger partial charge in [-0.2, -0.15) is 0 Å². The highest BCUT2D eigenvalue weighted by atomic mass is 16.5. The summed E-state index contributed by atoms with van der Waals surface area (Å²) in [7, 11) is 0. The van der Waals surface area contributed by atoms with E-state index >= 15 is 0 Å². The average molecular weight is 243 g/mol. The number of nitrogens with one attached hydrogen (secondary N) is 1. The number of nitrogens with two attached hydrogens (primary N) is 1. The minimum atomic E-state index is 0.0524. The van der Waals surface area contributed by atoms with Gasteiger partial charge in [0.1, 0.15) is 0 Å². The molecule has 1 amide bonds. The van der Waals surface area contributed by atoms with Crippen LogP contribution in [0.2, 0.25) is 0 Å². The van der Waals surface area contributed by atoms with Gasteiger partial charge in [0, 0.05) is 25.0 Å². The van der Waals surface area contributed by atoms with Crippen molar-refractivity contribution in [2.24, 2.45) is 11.7 Å². The highest BCUT2D eigenvalue weighted by molar-refractivity contribution is 5.77. The number of hydrazine groups is 1. The van der Waals surface area contributed by atoms with Crippen molar-refractivity contribution in [1.29, 1.82) is 0 Å². The Hall–Kier alpha value is -0.650. The largest absolute Gasteiger partial charge is 0.379 e. The van der Waals surface area contributed by atoms with Crippen molar-refractivity contribution >= 4 is 5.91 Å². The Balaban J connectivity index is 2.16. The van der Waals surface area contributed by atoms with Gasteiger partial charge in [-0.1, -0.05) is 13.3 Å². The standard InChI is InChI=1S/C12H25N3O2/c1-10(4-3-5-11(2)13)12(16)14-15-6-8-17-9-7-15/h10-11H,3-9,13H2,1-2H3,(H,14,16). The van der Waals surface area contributed by atoms with Crippen LogP contribution in [0.25, 0.3) is 0 Å². The maximum Gasteiger partial charge on any atom is 0.237 e. The third kappa shape index (κ3) is 6.00. The van der Waals surface area contributed by atoms with Crippen LogP contribution in [0.4, 0.5) is 0 Å². The van der Waals surface area contributed by atoms with Gasteiger partial charge in [0.25, 0.3) is 0 Å². The molecule has 2 unspecified atom stereocenters. The van der Waals surface area contributed by atoms with Crippen LogP contribution in [0.1, 0.15) is 33.1 Å². The summed E-state index contributed by atoms with van der Waals surface area (Å²) in [5.41, 5.74) is 8.62. The van der Waals surface area contributed by atoms with Gasteiger partial charge in [0.15, 0.2) is 0 Å². The van der Waals surface area contributed by atoms with Crippen LogP contribution in [0.5, 0.6) is 0 Å². The van der Waals surface area contributed by atoms with E-state index in [1.807, 2.05) is 18.9 Å². The molecule has 1 rings (SSSR count). The fourth-order valence-corrected chi connectivity index (χ4v) is 1.82. The average Bonchev–Trinajstić information content (AvgIpc) is 2.29. The molecule has 0 radical (unpaired) electrons. The number of hydrogen-bond acceptors (Lipinski definition) is 4. The van der Waals surface area contributed by atoms with Gasteiger partial charge in [0.2, 0.25) is 5.91 Å². The summed E-state index contributed by atoms with van der Waals surface area (Å²) in [6, 6.07) is 0.226. The van der Waals surface area contributed by atoms with Crippen molar-refractivity contribution in [1.82, 2.24) is 10.4 Å². The molecule has 1 saturated heterocycles. The van der Waals surface area contributed by atoms with Crippen LogP contribution in [0.15, 0.2) is 0 Å². The predicted octanol–water partition coefficient (Wildman–Crippen LogP) is 0.503. The van der Waals surface area contributed by atoms with Gasteiger partial charge in [0.05, 0.1) is 13.2 Å². The zero-order valence-electron chi connectivity index (χ0n) is 10.9. The first-order valence-electron chi connectivity index (χ1n) is 6.48. The minimum absolute atomic E-state index is 0.0524. The summed E-state index contributed by atoms with van der Waals surface area (Å²) >= 11 is 0. The lowest BCUT2D eigenvalue weighted by Gasteiger charge is -2.28. The SMILES string of the molecule is CC(N)CCCC(C)C(=O)NN1CCOCC1. The number of morpholine rings is 1. The van der Waals surface area contributed by atoms with Crippen LogP contribution >= 0.6 is 0 Å². The molecule has 5 nitrogen and oxygen atoms in total. The van der Waals surface area contributed by atoms with Crippen LogP contribution < -0.4 is 11.2 Å². The second kappa shape index (κ2) is 7.63. The second-order valence-electron chi connectivity index (χ2n) is 4.88. The third-order valence-electron chi connectivity index (χ3n) is 3.02. The van der Waals surface area contributed by atoms with Crippen molar-refractivity contribution in [3.05, 3.63) is 0 Å². The highest BCUT2D eigenvalue weighted by Gasteiger charge is 2.17. The van der Waals surface area contributed by atoms with Crippen LogP contribution in [0, 0.1) is 5.92 Å². The third-order valence-corrected chi connectivity index (χ3v) is 3.02. The summed E-state index contributed by atoms with van der Waals surface area (Å²) in [6.07, 6.45) is 2.89. The molecule has 1 fully saturated rings. The number of ether oxygens (including phenoxy) is 1. The molecule has 3 N–H and O–H groups in total. The van der Waals surface area contributed by atoms with E-state index in [-0.39, 0.29) is 17.9 Å². The number of rotatable bonds is 6. The minimum Gasteiger partial charge on any atom is -0.379 e. The van der Waals surface area contributed by atoms with E-state index in [0.717, 1.165) is 32.4 Å². The molecule has 0 aromatic heterocycles. The predicted molar refractivity (Wildman–Crippen MR) is 67.2 cm³/mol. The molecule has 0 aliphatic carbocycles. The van der Waals surface area contributed by atoms with Crippen molar-refractivity contribution in [2.45, 2.75) is 39.2 Å². The molecule has 1 heterocycles. The van der Waals surface area contributed by atoms with Crippen molar-refractivity contribution in [2.75, 3.05) is 26.3 Å². The summed E-state index contributed by atoms with van der Waals surface area (Å²) < 4.78 is 5.23. The van der Waals surface area contributed by atoms with Crippen LogP contribution in [-0.4, -0.2) is 43.3 Å². The molecule has 17 heavy (non-hydrogen) atoms. The molecule has 5 heteroatoms. The summed E-state index contributed by atoms with van der Waals surface area (Å²) in [4.78, 5) is 11.9. The lowest BCUT2D eigenvalue weighted by molar-refractivity contribution is -0.131. The smallest absolute Gasteiger partial charge is 0.237 e. The first kappa shape index (κ1) is 14.4. The molecule has 0 saturated carbocycles. The van der Waals surface area contributed by atoms with Gasteiger partial charge in [-0.3, -0.25) is 10.2 Å². The maximum absolute atomic E-state index is 11.9. The Morgan fingerprint density at radius 2 is 2.00 bits per heavy atom. The van der Waals surface area contributed by atoms with Gasteiger partial charge in [-0.05, 0) is 19.8 Å². The van der Waals surface area contributed by atoms with Gasteiger partial charge in [-0.25, -0.2) is 5.01 Å². The second-order valence-corrected chi connectivity index (χ2v) is 4.88. The maximum atomic E-state index is 11.9. The first-order valence-corrected chi connectivity index (χ1v) is 6.48. The zero-order valence-corrected chi connectivity index (χ0v) is 10.9. The molecule has 0 aromatic carbocycles. The topological polar surface area (TPSA) is 67.6 Å². The molecule has 2 atom stereocenters. The molecular formula is C12H25N3O2. The summed E-state index contributed by atoms with van der Waals surface area (Å²) in [5, 5.41) is 1.94. The lowest BCUT2D eigenvalue weighted by atomic mass is 10.0. The van der Waals surface area contributed by atoms with E-state index in [0.29, 0.717) is 13.2 Å². The molecule has 0 aromatic rings. The first-order chi connectivity index (χ1) is 8.09. The monoisotopic (exact) mass is 243 g/mol.